The van der Waals surface area contributed by atoms with Crippen LogP contribution in [-0.2, 0) is 6.42 Å². The third-order valence-electron chi connectivity index (χ3n) is 3.05. The maximum absolute atomic E-state index is 3.48. The van der Waals surface area contributed by atoms with Gasteiger partial charge in [0.2, 0.25) is 0 Å². The number of hydrogen-bond acceptors (Lipinski definition) is 1. The van der Waals surface area contributed by atoms with Crippen LogP contribution in [0.1, 0.15) is 44.7 Å². The zero-order valence-electron chi connectivity index (χ0n) is 11.1. The van der Waals surface area contributed by atoms with Crippen molar-refractivity contribution in [1.29, 1.82) is 0 Å². The molecule has 0 saturated carbocycles. The molecule has 90 valence electrons. The molecule has 1 aliphatic heterocycles. The fraction of sp³-hybridized carbons (Fsp3) is 0.600. The van der Waals surface area contributed by atoms with Crippen LogP contribution in [0.3, 0.4) is 0 Å². The van der Waals surface area contributed by atoms with Crippen LogP contribution < -0.4 is 5.32 Å². The highest BCUT2D eigenvalue weighted by Crippen LogP contribution is 2.27. The van der Waals surface area contributed by atoms with E-state index < -0.39 is 0 Å². The molecule has 1 heteroatoms. The lowest BCUT2D eigenvalue weighted by molar-refractivity contribution is 0.594. The predicted octanol–water partition coefficient (Wildman–Crippen LogP) is 4.41. The molecule has 0 bridgehead atoms. The van der Waals surface area contributed by atoms with E-state index in [1.54, 1.807) is 0 Å². The Balaban J connectivity index is 0.000000280. The smallest absolute Gasteiger partial charge is 0.0402 e. The van der Waals surface area contributed by atoms with Gasteiger partial charge in [-0.2, -0.15) is 0 Å². The minimum Gasteiger partial charge on any atom is -0.384 e. The first-order valence-electron chi connectivity index (χ1n) is 6.51. The van der Waals surface area contributed by atoms with Crippen molar-refractivity contribution >= 4 is 5.69 Å². The van der Waals surface area contributed by atoms with Crippen LogP contribution in [-0.4, -0.2) is 6.54 Å². The van der Waals surface area contributed by atoms with Crippen LogP contribution >= 0.6 is 0 Å². The Bertz CT molecular complexity index is 315. The first kappa shape index (κ1) is 13.1. The summed E-state index contributed by atoms with van der Waals surface area (Å²) in [7, 11) is 0. The number of anilines is 1. The van der Waals surface area contributed by atoms with Crippen LogP contribution in [0, 0.1) is 12.8 Å². The Kier molecular flexibility index (Phi) is 5.37. The van der Waals surface area contributed by atoms with E-state index in [1.807, 2.05) is 0 Å². The topological polar surface area (TPSA) is 12.0 Å². The van der Waals surface area contributed by atoms with Gasteiger partial charge in [0.05, 0.1) is 0 Å². The quantitative estimate of drug-likeness (QED) is 0.738. The Hall–Kier alpha value is -0.980. The second-order valence-electron chi connectivity index (χ2n) is 4.80. The van der Waals surface area contributed by atoms with Gasteiger partial charge in [-0.15, -0.1) is 0 Å². The van der Waals surface area contributed by atoms with Crippen molar-refractivity contribution in [3.05, 3.63) is 29.3 Å². The minimum atomic E-state index is 0.777. The molecule has 0 amide bonds. The molecule has 1 atom stereocenters. The molecule has 0 aliphatic carbocycles. The molecule has 1 aromatic carbocycles. The molecular formula is C15H25N. The van der Waals surface area contributed by atoms with Crippen LogP contribution in [0.4, 0.5) is 5.69 Å². The zero-order chi connectivity index (χ0) is 12.0. The maximum atomic E-state index is 3.48. The van der Waals surface area contributed by atoms with Gasteiger partial charge in [-0.05, 0) is 30.4 Å². The normalized spacial score (nSPS) is 17.9. The Morgan fingerprint density at radius 2 is 1.94 bits per heavy atom. The summed E-state index contributed by atoms with van der Waals surface area (Å²) in [6.45, 7) is 9.94. The Morgan fingerprint density at radius 1 is 1.25 bits per heavy atom. The predicted molar refractivity (Wildman–Crippen MR) is 73.1 cm³/mol. The summed E-state index contributed by atoms with van der Waals surface area (Å²) in [5.74, 6) is 0.777. The van der Waals surface area contributed by atoms with Gasteiger partial charge in [0, 0.05) is 12.2 Å². The highest BCUT2D eigenvalue weighted by molar-refractivity contribution is 5.58. The fourth-order valence-electron chi connectivity index (χ4n) is 1.88. The number of hydrogen-bond donors (Lipinski definition) is 1. The second-order valence-corrected chi connectivity index (χ2v) is 4.80. The van der Waals surface area contributed by atoms with Gasteiger partial charge < -0.3 is 5.32 Å². The summed E-state index contributed by atoms with van der Waals surface area (Å²) < 4.78 is 0. The van der Waals surface area contributed by atoms with Gasteiger partial charge in [0.25, 0.3) is 0 Å². The van der Waals surface area contributed by atoms with Gasteiger partial charge in [-0.3, -0.25) is 0 Å². The lowest BCUT2D eigenvalue weighted by Crippen LogP contribution is -2.21. The van der Waals surface area contributed by atoms with E-state index in [9.17, 15) is 0 Å². The number of rotatable bonds is 1. The summed E-state index contributed by atoms with van der Waals surface area (Å²) in [6, 6.07) is 6.54. The second kappa shape index (κ2) is 6.57. The largest absolute Gasteiger partial charge is 0.384 e. The van der Waals surface area contributed by atoms with Crippen molar-refractivity contribution in [2.75, 3.05) is 11.9 Å². The fourth-order valence-corrected chi connectivity index (χ4v) is 1.88. The van der Waals surface area contributed by atoms with Crippen LogP contribution in [0.2, 0.25) is 0 Å². The number of nitrogens with one attached hydrogen (secondary N) is 1. The van der Waals surface area contributed by atoms with Crippen molar-refractivity contribution in [3.63, 3.8) is 0 Å². The highest BCUT2D eigenvalue weighted by Gasteiger charge is 2.14. The summed E-state index contributed by atoms with van der Waals surface area (Å²) in [6.07, 6.45) is 3.87. The molecule has 0 saturated heterocycles. The molecule has 1 nitrogen and oxygen atoms in total. The lowest BCUT2D eigenvalue weighted by atomic mass is 9.94. The molecular weight excluding hydrogens is 194 g/mol. The number of fused-ring (bicyclic) bond motifs is 1. The van der Waals surface area contributed by atoms with Crippen LogP contribution in [0.25, 0.3) is 0 Å². The molecule has 0 radical (unpaired) electrons. The number of aryl methyl sites for hydroxylation is 1. The first-order valence-corrected chi connectivity index (χ1v) is 6.51. The van der Waals surface area contributed by atoms with E-state index in [1.165, 1.54) is 36.1 Å². The van der Waals surface area contributed by atoms with Crippen molar-refractivity contribution in [2.45, 2.75) is 47.0 Å². The van der Waals surface area contributed by atoms with Crippen molar-refractivity contribution in [3.8, 4) is 0 Å². The monoisotopic (exact) mass is 219 g/mol. The summed E-state index contributed by atoms with van der Waals surface area (Å²) in [4.78, 5) is 0. The van der Waals surface area contributed by atoms with Gasteiger partial charge in [-0.25, -0.2) is 0 Å². The molecule has 16 heavy (non-hydrogen) atoms. The molecule has 0 aromatic heterocycles. The van der Waals surface area contributed by atoms with Crippen molar-refractivity contribution in [1.82, 2.24) is 0 Å². The van der Waals surface area contributed by atoms with Crippen molar-refractivity contribution < 1.29 is 0 Å². The molecule has 1 N–H and O–H groups in total. The molecule has 1 heterocycles. The summed E-state index contributed by atoms with van der Waals surface area (Å²) in [5, 5.41) is 3.48. The van der Waals surface area contributed by atoms with E-state index in [0.29, 0.717) is 0 Å². The van der Waals surface area contributed by atoms with E-state index >= 15 is 0 Å². The number of para-hydroxylation sites is 1. The first-order chi connectivity index (χ1) is 7.69. The van der Waals surface area contributed by atoms with Gasteiger partial charge in [0.1, 0.15) is 0 Å². The SMILES string of the molecule is CCCC.Cc1cccc2c1NCC(C)C2. The standard InChI is InChI=1S/C11H15N.C4H10/c1-8-6-10-5-3-4-9(2)11(10)12-7-8;1-3-4-2/h3-5,8,12H,6-7H2,1-2H3;3-4H2,1-2H3. The van der Waals surface area contributed by atoms with E-state index in [0.717, 1.165) is 12.5 Å². The summed E-state index contributed by atoms with van der Waals surface area (Å²) >= 11 is 0. The van der Waals surface area contributed by atoms with Gasteiger partial charge in [0.15, 0.2) is 0 Å². The third-order valence-corrected chi connectivity index (χ3v) is 3.05. The zero-order valence-corrected chi connectivity index (χ0v) is 11.1. The van der Waals surface area contributed by atoms with E-state index in [2.05, 4.69) is 51.2 Å². The average molecular weight is 219 g/mol. The Labute approximate surface area is 100 Å². The van der Waals surface area contributed by atoms with Gasteiger partial charge in [-0.1, -0.05) is 51.8 Å². The molecule has 1 aliphatic rings. The maximum Gasteiger partial charge on any atom is 0.0402 e. The molecule has 1 unspecified atom stereocenters. The van der Waals surface area contributed by atoms with Crippen molar-refractivity contribution in [2.24, 2.45) is 5.92 Å². The summed E-state index contributed by atoms with van der Waals surface area (Å²) in [5.41, 5.74) is 4.23. The molecule has 1 aromatic rings. The van der Waals surface area contributed by atoms with Crippen LogP contribution in [0.15, 0.2) is 18.2 Å². The Morgan fingerprint density at radius 3 is 2.56 bits per heavy atom. The minimum absolute atomic E-state index is 0.777. The van der Waals surface area contributed by atoms with E-state index in [4.69, 9.17) is 0 Å². The van der Waals surface area contributed by atoms with Gasteiger partial charge >= 0.3 is 0 Å². The number of unbranched alkanes of at least 4 members (excludes halogenated alkanes) is 1. The molecule has 0 fully saturated rings. The molecule has 0 spiro atoms. The molecule has 2 rings (SSSR count). The van der Waals surface area contributed by atoms with Crippen LogP contribution in [0.5, 0.6) is 0 Å². The average Bonchev–Trinajstić information content (AvgIpc) is 2.29. The third kappa shape index (κ3) is 3.55. The lowest BCUT2D eigenvalue weighted by Gasteiger charge is -2.24. The highest BCUT2D eigenvalue weighted by atomic mass is 14.9. The van der Waals surface area contributed by atoms with E-state index in [-0.39, 0.29) is 0 Å². The number of benzene rings is 1.